The molecule has 0 unspecified atom stereocenters. The summed E-state index contributed by atoms with van der Waals surface area (Å²) in [5.74, 6) is 0.586. The van der Waals surface area contributed by atoms with Crippen LogP contribution in [0.1, 0.15) is 89.4 Å². The molecular weight excluding hydrogens is 530 g/mol. The normalized spacial score (nSPS) is 16.8. The van der Waals surface area contributed by atoms with Crippen molar-refractivity contribution in [3.05, 3.63) is 29.8 Å². The van der Waals surface area contributed by atoms with E-state index in [1.165, 1.54) is 23.7 Å². The van der Waals surface area contributed by atoms with E-state index in [9.17, 15) is 14.7 Å². The molecule has 40 heavy (non-hydrogen) atoms. The lowest BCUT2D eigenvalue weighted by Gasteiger charge is -2.36. The van der Waals surface area contributed by atoms with Gasteiger partial charge in [-0.15, -0.1) is 0 Å². The predicted molar refractivity (Wildman–Crippen MR) is 160 cm³/mol. The van der Waals surface area contributed by atoms with Gasteiger partial charge in [-0.3, -0.25) is 14.0 Å². The lowest BCUT2D eigenvalue weighted by Crippen LogP contribution is -2.49. The quantitative estimate of drug-likeness (QED) is 0.173. The van der Waals surface area contributed by atoms with E-state index in [0.29, 0.717) is 36.9 Å². The molecule has 0 aromatic heterocycles. The molecule has 1 aromatic carbocycles. The van der Waals surface area contributed by atoms with Crippen LogP contribution in [0.2, 0.25) is 0 Å². The van der Waals surface area contributed by atoms with E-state index in [4.69, 9.17) is 27.0 Å². The standard InChI is InChI=1S/C31H52ClN3O5/c1-22(2)23(19-26(33)27(36)20-34-30(38)31(3,4)24-13-7-6-8-14-24)21-35(32)29(37)25-15-9-10-16-28(25)40-18-12-11-17-39-5/h9-10,15-16,22-24,26-27,36H,6-8,11-14,17-21,33H2,1-5H3,(H,34,38)/t23-,26+,27+/m1/s1. The number of unbranched alkanes of at least 4 members (excludes halogenated alkanes) is 1. The molecule has 4 N–H and O–H groups in total. The molecule has 1 aliphatic rings. The number of benzene rings is 1. The van der Waals surface area contributed by atoms with Gasteiger partial charge in [0.1, 0.15) is 5.75 Å². The van der Waals surface area contributed by atoms with Gasteiger partial charge in [-0.05, 0) is 62.0 Å². The zero-order valence-electron chi connectivity index (χ0n) is 25.2. The third-order valence-electron chi connectivity index (χ3n) is 8.43. The number of hydrogen-bond donors (Lipinski definition) is 3. The summed E-state index contributed by atoms with van der Waals surface area (Å²) < 4.78 is 12.1. The summed E-state index contributed by atoms with van der Waals surface area (Å²) in [6, 6.07) is 6.51. The molecule has 1 aliphatic carbocycles. The van der Waals surface area contributed by atoms with Crippen molar-refractivity contribution >= 4 is 23.6 Å². The molecule has 1 aromatic rings. The summed E-state index contributed by atoms with van der Waals surface area (Å²) in [6.45, 7) is 9.59. The maximum absolute atomic E-state index is 13.2. The molecule has 1 saturated carbocycles. The number of aliphatic hydroxyl groups is 1. The number of carbonyl (C=O) groups is 2. The topological polar surface area (TPSA) is 114 Å². The van der Waals surface area contributed by atoms with Gasteiger partial charge in [-0.2, -0.15) is 0 Å². The summed E-state index contributed by atoms with van der Waals surface area (Å²) in [6.07, 6.45) is 6.94. The van der Waals surface area contributed by atoms with Crippen LogP contribution in [0.5, 0.6) is 5.75 Å². The fraction of sp³-hybridized carbons (Fsp3) is 0.742. The van der Waals surface area contributed by atoms with E-state index in [-0.39, 0.29) is 36.7 Å². The van der Waals surface area contributed by atoms with Crippen LogP contribution in [0.3, 0.4) is 0 Å². The number of hydrogen-bond acceptors (Lipinski definition) is 6. The van der Waals surface area contributed by atoms with Gasteiger partial charge in [0, 0.05) is 50.0 Å². The van der Waals surface area contributed by atoms with Gasteiger partial charge in [-0.1, -0.05) is 59.1 Å². The molecule has 0 radical (unpaired) electrons. The highest BCUT2D eigenvalue weighted by Gasteiger charge is 2.37. The number of halogens is 1. The fourth-order valence-electron chi connectivity index (χ4n) is 5.37. The SMILES string of the molecule is COCCCCOc1ccccc1C(=O)N(Cl)C[C@@H](C[C@H](N)[C@@H](O)CNC(=O)C(C)(C)C1CCCCC1)C(C)C. The zero-order chi connectivity index (χ0) is 29.7. The predicted octanol–water partition coefficient (Wildman–Crippen LogP) is 5.16. The van der Waals surface area contributed by atoms with Crippen molar-refractivity contribution in [3.8, 4) is 5.75 Å². The first-order chi connectivity index (χ1) is 19.0. The van der Waals surface area contributed by atoms with E-state index in [1.54, 1.807) is 25.3 Å². The van der Waals surface area contributed by atoms with Gasteiger partial charge in [0.2, 0.25) is 5.91 Å². The van der Waals surface area contributed by atoms with Crippen molar-refractivity contribution in [1.82, 2.24) is 9.74 Å². The fourth-order valence-corrected chi connectivity index (χ4v) is 5.64. The Morgan fingerprint density at radius 1 is 1.15 bits per heavy atom. The van der Waals surface area contributed by atoms with Crippen molar-refractivity contribution in [3.63, 3.8) is 0 Å². The van der Waals surface area contributed by atoms with Crippen LogP contribution < -0.4 is 15.8 Å². The van der Waals surface area contributed by atoms with E-state index in [0.717, 1.165) is 25.7 Å². The highest BCUT2D eigenvalue weighted by atomic mass is 35.5. The van der Waals surface area contributed by atoms with Gasteiger partial charge in [0.15, 0.2) is 0 Å². The number of amides is 2. The molecule has 0 heterocycles. The monoisotopic (exact) mass is 581 g/mol. The van der Waals surface area contributed by atoms with Gasteiger partial charge in [0.25, 0.3) is 5.91 Å². The summed E-state index contributed by atoms with van der Waals surface area (Å²) in [5, 5.41) is 13.7. The van der Waals surface area contributed by atoms with Crippen LogP contribution in [0.15, 0.2) is 24.3 Å². The summed E-state index contributed by atoms with van der Waals surface area (Å²) >= 11 is 6.52. The first-order valence-corrected chi connectivity index (χ1v) is 15.2. The van der Waals surface area contributed by atoms with Crippen molar-refractivity contribution < 1.29 is 24.2 Å². The Bertz CT molecular complexity index is 907. The second-order valence-corrected chi connectivity index (χ2v) is 12.5. The molecule has 0 aliphatic heterocycles. The molecule has 228 valence electrons. The van der Waals surface area contributed by atoms with E-state index >= 15 is 0 Å². The molecule has 2 amide bonds. The number of aliphatic hydroxyl groups excluding tert-OH is 1. The second kappa shape index (κ2) is 17.2. The molecule has 1 fully saturated rings. The van der Waals surface area contributed by atoms with Crippen LogP contribution in [0.25, 0.3) is 0 Å². The molecule has 3 atom stereocenters. The van der Waals surface area contributed by atoms with Gasteiger partial charge < -0.3 is 25.6 Å². The summed E-state index contributed by atoms with van der Waals surface area (Å²) in [4.78, 5) is 26.2. The Hall–Kier alpha value is -1.87. The minimum Gasteiger partial charge on any atom is -0.493 e. The van der Waals surface area contributed by atoms with Crippen LogP contribution >= 0.6 is 11.8 Å². The minimum absolute atomic E-state index is 0.0387. The number of nitrogens with one attached hydrogen (secondary N) is 1. The smallest absolute Gasteiger partial charge is 0.271 e. The van der Waals surface area contributed by atoms with Crippen molar-refractivity contribution in [2.24, 2.45) is 28.9 Å². The number of nitrogens with zero attached hydrogens (tertiary/aromatic N) is 1. The maximum Gasteiger partial charge on any atom is 0.271 e. The summed E-state index contributed by atoms with van der Waals surface area (Å²) in [7, 11) is 1.67. The van der Waals surface area contributed by atoms with Gasteiger partial charge >= 0.3 is 0 Å². The molecule has 0 spiro atoms. The Kier molecular flexibility index (Phi) is 14.7. The van der Waals surface area contributed by atoms with Crippen LogP contribution in [0, 0.1) is 23.2 Å². The van der Waals surface area contributed by atoms with Crippen LogP contribution in [-0.2, 0) is 9.53 Å². The number of ether oxygens (including phenoxy) is 2. The molecule has 0 bridgehead atoms. The lowest BCUT2D eigenvalue weighted by molar-refractivity contribution is -0.133. The van der Waals surface area contributed by atoms with Crippen molar-refractivity contribution in [2.45, 2.75) is 91.2 Å². The minimum atomic E-state index is -0.904. The average Bonchev–Trinajstić information content (AvgIpc) is 2.95. The molecule has 0 saturated heterocycles. The Morgan fingerprint density at radius 2 is 1.80 bits per heavy atom. The number of rotatable bonds is 17. The van der Waals surface area contributed by atoms with Gasteiger partial charge in [0.05, 0.1) is 18.3 Å². The van der Waals surface area contributed by atoms with E-state index in [1.807, 2.05) is 33.8 Å². The number of carbonyl (C=O) groups excluding carboxylic acids is 2. The number of methoxy groups -OCH3 is 1. The largest absolute Gasteiger partial charge is 0.493 e. The molecule has 8 nitrogen and oxygen atoms in total. The van der Waals surface area contributed by atoms with Crippen molar-refractivity contribution in [1.29, 1.82) is 0 Å². The van der Waals surface area contributed by atoms with Gasteiger partial charge in [-0.25, -0.2) is 0 Å². The number of para-hydroxylation sites is 1. The Balaban J connectivity index is 1.92. The average molecular weight is 582 g/mol. The second-order valence-electron chi connectivity index (χ2n) is 12.1. The molecule has 9 heteroatoms. The number of nitrogens with two attached hydrogens (primary N) is 1. The highest BCUT2D eigenvalue weighted by Crippen LogP contribution is 2.38. The summed E-state index contributed by atoms with van der Waals surface area (Å²) in [5.41, 5.74) is 6.32. The maximum atomic E-state index is 13.2. The molecular formula is C31H52ClN3O5. The van der Waals surface area contributed by atoms with E-state index < -0.39 is 17.6 Å². The van der Waals surface area contributed by atoms with Crippen LogP contribution in [0.4, 0.5) is 0 Å². The van der Waals surface area contributed by atoms with Crippen molar-refractivity contribution in [2.75, 3.05) is 33.4 Å². The Morgan fingerprint density at radius 3 is 2.45 bits per heavy atom. The third-order valence-corrected chi connectivity index (χ3v) is 8.72. The first-order valence-electron chi connectivity index (χ1n) is 14.9. The molecule has 2 rings (SSSR count). The third kappa shape index (κ3) is 10.5. The van der Waals surface area contributed by atoms with Crippen LogP contribution in [-0.4, -0.2) is 66.9 Å². The zero-order valence-corrected chi connectivity index (χ0v) is 25.9. The lowest BCUT2D eigenvalue weighted by atomic mass is 9.70. The highest BCUT2D eigenvalue weighted by molar-refractivity contribution is 6.24. The first kappa shape index (κ1) is 34.3. The Labute approximate surface area is 246 Å². The van der Waals surface area contributed by atoms with E-state index in [2.05, 4.69) is 5.32 Å².